The zero-order valence-electron chi connectivity index (χ0n) is 20.7. The molecule has 0 unspecified atom stereocenters. The number of benzene rings is 1. The maximum absolute atomic E-state index is 2.74. The highest BCUT2D eigenvalue weighted by Crippen LogP contribution is 2.74. The molecule has 1 saturated heterocycles. The minimum atomic E-state index is -1.49. The first-order chi connectivity index (χ1) is 12.4. The monoisotopic (exact) mass is 444 g/mol. The van der Waals surface area contributed by atoms with Crippen molar-refractivity contribution in [1.82, 2.24) is 0 Å². The molecule has 0 aromatic heterocycles. The van der Waals surface area contributed by atoms with Crippen LogP contribution in [0.4, 0.5) is 0 Å². The molecule has 2 aliphatic rings. The molecule has 156 valence electrons. The molecular formula is C24H44Si4. The lowest BCUT2D eigenvalue weighted by molar-refractivity contribution is 0.549. The molecule has 0 nitrogen and oxygen atoms in total. The van der Waals surface area contributed by atoms with Crippen molar-refractivity contribution in [1.29, 1.82) is 0 Å². The fourth-order valence-corrected chi connectivity index (χ4v) is 25.2. The largest absolute Gasteiger partial charge is 0.0824 e. The van der Waals surface area contributed by atoms with Gasteiger partial charge < -0.3 is 0 Å². The number of rotatable bonds is 3. The van der Waals surface area contributed by atoms with Gasteiger partial charge in [0.1, 0.15) is 0 Å². The van der Waals surface area contributed by atoms with E-state index in [1.54, 1.807) is 10.8 Å². The number of allylic oxidation sites excluding steroid dienone is 1. The van der Waals surface area contributed by atoms with E-state index in [9.17, 15) is 0 Å². The van der Waals surface area contributed by atoms with Crippen molar-refractivity contribution in [3.05, 3.63) is 35.4 Å². The van der Waals surface area contributed by atoms with Crippen LogP contribution in [-0.4, -0.2) is 31.3 Å². The van der Waals surface area contributed by atoms with Gasteiger partial charge in [-0.1, -0.05) is 115 Å². The van der Waals surface area contributed by atoms with Crippen LogP contribution in [0.2, 0.25) is 75.2 Å². The lowest BCUT2D eigenvalue weighted by atomic mass is 9.81. The van der Waals surface area contributed by atoms with E-state index in [0.29, 0.717) is 9.70 Å². The number of hydrogen-bond acceptors (Lipinski definition) is 0. The van der Waals surface area contributed by atoms with Gasteiger partial charge in [0.15, 0.2) is 0 Å². The van der Waals surface area contributed by atoms with Gasteiger partial charge in [0, 0.05) is 7.59 Å². The summed E-state index contributed by atoms with van der Waals surface area (Å²) >= 11 is 0. The number of fused-ring (bicyclic) bond motifs is 3. The predicted molar refractivity (Wildman–Crippen MR) is 141 cm³/mol. The van der Waals surface area contributed by atoms with E-state index in [2.05, 4.69) is 110 Å². The van der Waals surface area contributed by atoms with Crippen molar-refractivity contribution in [2.45, 2.75) is 101 Å². The van der Waals surface area contributed by atoms with Crippen LogP contribution in [-0.2, 0) is 0 Å². The van der Waals surface area contributed by atoms with E-state index < -0.39 is 31.3 Å². The summed E-state index contributed by atoms with van der Waals surface area (Å²) in [6, 6.07) is 7.69. The van der Waals surface area contributed by atoms with E-state index in [0.717, 1.165) is 5.92 Å². The second kappa shape index (κ2) is 6.18. The van der Waals surface area contributed by atoms with E-state index >= 15 is 0 Å². The molecule has 0 bridgehead atoms. The molecule has 0 N–H and O–H groups in total. The van der Waals surface area contributed by atoms with Crippen LogP contribution in [0.25, 0.3) is 6.08 Å². The summed E-state index contributed by atoms with van der Waals surface area (Å²) in [7, 11) is -5.46. The molecule has 1 fully saturated rings. The van der Waals surface area contributed by atoms with Crippen molar-refractivity contribution < 1.29 is 0 Å². The van der Waals surface area contributed by atoms with Crippen LogP contribution >= 0.6 is 0 Å². The Labute approximate surface area is 179 Å². The van der Waals surface area contributed by atoms with Crippen molar-refractivity contribution in [3.8, 4) is 0 Å². The standard InChI is InChI=1S/C24H44Si4/c1-23(2)18-22-21-17-20(27(9,10)26(6,7)8)14-13-19(21)15-16-24(22,25(3,4)5)28(23,11)12/h13-17,22H,18H2,1-12H3/t22-,24-/m1/s1. The molecule has 4 heteroatoms. The molecular weight excluding hydrogens is 401 g/mol. The van der Waals surface area contributed by atoms with E-state index in [1.807, 2.05) is 0 Å². The molecule has 3 rings (SSSR count). The SMILES string of the molecule is CC1(C)C[C@@H]2c3cc([Si](C)(C)[Si](C)(C)C)ccc3C=C[C@@]2([Si](C)(C)C)[Si]1(C)C. The highest BCUT2D eigenvalue weighted by molar-refractivity contribution is 7.45. The fraction of sp³-hybridized carbons (Fsp3) is 0.667. The molecule has 0 spiro atoms. The number of hydrogen-bond donors (Lipinski definition) is 0. The highest BCUT2D eigenvalue weighted by Gasteiger charge is 2.68. The Morgan fingerprint density at radius 2 is 1.50 bits per heavy atom. The van der Waals surface area contributed by atoms with Crippen molar-refractivity contribution in [2.24, 2.45) is 0 Å². The van der Waals surface area contributed by atoms with E-state index in [4.69, 9.17) is 0 Å². The maximum atomic E-state index is 2.74. The summed E-state index contributed by atoms with van der Waals surface area (Å²) in [4.78, 5) is 0. The molecule has 1 heterocycles. The Bertz CT molecular complexity index is 818. The Morgan fingerprint density at radius 3 is 2.00 bits per heavy atom. The van der Waals surface area contributed by atoms with Crippen LogP contribution < -0.4 is 5.19 Å². The predicted octanol–water partition coefficient (Wildman–Crippen LogP) is 7.64. The lowest BCUT2D eigenvalue weighted by Crippen LogP contribution is -2.61. The van der Waals surface area contributed by atoms with Gasteiger partial charge in [0.2, 0.25) is 0 Å². The summed E-state index contributed by atoms with van der Waals surface area (Å²) in [5.74, 6) is 0.738. The van der Waals surface area contributed by atoms with Gasteiger partial charge >= 0.3 is 0 Å². The van der Waals surface area contributed by atoms with E-state index in [-0.39, 0.29) is 0 Å². The van der Waals surface area contributed by atoms with Gasteiger partial charge in [-0.15, -0.1) is 0 Å². The Hall–Kier alpha value is -0.172. The third-order valence-corrected chi connectivity index (χ3v) is 40.7. The first-order valence-corrected chi connectivity index (χ1v) is 25.2. The molecule has 1 aliphatic carbocycles. The molecule has 0 saturated carbocycles. The van der Waals surface area contributed by atoms with Gasteiger partial charge in [-0.3, -0.25) is 0 Å². The lowest BCUT2D eigenvalue weighted by Gasteiger charge is -2.55. The zero-order chi connectivity index (χ0) is 21.6. The van der Waals surface area contributed by atoms with Gasteiger partial charge in [-0.25, -0.2) is 0 Å². The van der Waals surface area contributed by atoms with Crippen molar-refractivity contribution in [2.75, 3.05) is 0 Å². The van der Waals surface area contributed by atoms with Crippen molar-refractivity contribution >= 4 is 42.6 Å². The smallest absolute Gasteiger partial charge is 0.0736 e. The maximum Gasteiger partial charge on any atom is 0.0736 e. The fourth-order valence-electron chi connectivity index (χ4n) is 6.38. The third-order valence-electron chi connectivity index (χ3n) is 9.82. The van der Waals surface area contributed by atoms with Crippen LogP contribution in [0, 0.1) is 0 Å². The molecule has 0 amide bonds. The zero-order valence-corrected chi connectivity index (χ0v) is 24.7. The quantitative estimate of drug-likeness (QED) is 0.420. The summed E-state index contributed by atoms with van der Waals surface area (Å²) in [5.41, 5.74) is 3.23. The Morgan fingerprint density at radius 1 is 0.929 bits per heavy atom. The second-order valence-electron chi connectivity index (χ2n) is 13.4. The second-order valence-corrected chi connectivity index (χ2v) is 41.3. The summed E-state index contributed by atoms with van der Waals surface area (Å²) in [5, 5.41) is 2.21. The van der Waals surface area contributed by atoms with E-state index in [1.165, 1.54) is 12.0 Å². The molecule has 1 aromatic carbocycles. The average Bonchev–Trinajstić information content (AvgIpc) is 2.68. The van der Waals surface area contributed by atoms with Crippen LogP contribution in [0.5, 0.6) is 0 Å². The Balaban J connectivity index is 2.27. The third kappa shape index (κ3) is 2.77. The summed E-state index contributed by atoms with van der Waals surface area (Å²) in [6.45, 7) is 31.6. The van der Waals surface area contributed by atoms with Gasteiger partial charge in [0.05, 0.1) is 23.7 Å². The summed E-state index contributed by atoms with van der Waals surface area (Å²) < 4.78 is 0.472. The first-order valence-electron chi connectivity index (χ1n) is 11.2. The molecule has 1 aliphatic heterocycles. The topological polar surface area (TPSA) is 0 Å². The van der Waals surface area contributed by atoms with Crippen LogP contribution in [0.15, 0.2) is 24.3 Å². The van der Waals surface area contributed by atoms with Crippen LogP contribution in [0.3, 0.4) is 0 Å². The minimum absolute atomic E-state index is 0.472. The molecule has 0 radical (unpaired) electrons. The highest BCUT2D eigenvalue weighted by atomic mass is 29.3. The molecule has 28 heavy (non-hydrogen) atoms. The van der Waals surface area contributed by atoms with Gasteiger partial charge in [-0.2, -0.15) is 0 Å². The van der Waals surface area contributed by atoms with Crippen LogP contribution in [0.1, 0.15) is 37.3 Å². The molecule has 2 atom stereocenters. The minimum Gasteiger partial charge on any atom is -0.0824 e. The van der Waals surface area contributed by atoms with Crippen molar-refractivity contribution in [3.63, 3.8) is 0 Å². The van der Waals surface area contributed by atoms with Gasteiger partial charge in [0.25, 0.3) is 0 Å². The molecule has 1 aromatic rings. The normalized spacial score (nSPS) is 28.8. The average molecular weight is 445 g/mol. The Kier molecular flexibility index (Phi) is 4.97. The first kappa shape index (κ1) is 22.5. The van der Waals surface area contributed by atoms with Gasteiger partial charge in [-0.05, 0) is 33.2 Å². The summed E-state index contributed by atoms with van der Waals surface area (Å²) in [6.07, 6.45) is 6.66.